The molecular weight excluding hydrogens is 321 g/mol. The molecule has 2 amide bonds. The van der Waals surface area contributed by atoms with Gasteiger partial charge in [0.05, 0.1) is 16.9 Å². The van der Waals surface area contributed by atoms with Crippen molar-refractivity contribution in [3.8, 4) is 0 Å². The van der Waals surface area contributed by atoms with E-state index in [0.717, 1.165) is 31.6 Å². The number of hydrogen-bond acceptors (Lipinski definition) is 6. The van der Waals surface area contributed by atoms with Crippen molar-refractivity contribution in [3.05, 3.63) is 29.6 Å². The smallest absolute Gasteiger partial charge is 1.00 e. The average Bonchev–Trinajstić information content (AvgIpc) is 3.10. The summed E-state index contributed by atoms with van der Waals surface area (Å²) in [5.74, 6) is -1.25. The van der Waals surface area contributed by atoms with Gasteiger partial charge in [0.2, 0.25) is 0 Å². The number of primary amides is 1. The fourth-order valence-electron chi connectivity index (χ4n) is 2.74. The molecule has 0 unspecified atom stereocenters. The fourth-order valence-corrected chi connectivity index (χ4v) is 2.74. The fraction of sp³-hybridized carbons (Fsp3) is 0.357. The molecular formula is C14H18N7NaO2. The molecule has 0 spiro atoms. The summed E-state index contributed by atoms with van der Waals surface area (Å²) in [7, 11) is 0. The Bertz CT molecular complexity index is 720. The molecule has 1 aromatic heterocycles. The Labute approximate surface area is 162 Å². The Hall–Kier alpha value is -1.97. The van der Waals surface area contributed by atoms with Gasteiger partial charge in [0.25, 0.3) is 17.6 Å². The van der Waals surface area contributed by atoms with E-state index >= 15 is 0 Å². The van der Waals surface area contributed by atoms with Gasteiger partial charge in [-0.1, -0.05) is 6.07 Å². The number of amides is 2. The first-order chi connectivity index (χ1) is 11.2. The first-order valence-corrected chi connectivity index (χ1v) is 7.39. The number of tetrazole rings is 1. The van der Waals surface area contributed by atoms with Crippen LogP contribution in [0.25, 0.3) is 0 Å². The minimum absolute atomic E-state index is 0. The summed E-state index contributed by atoms with van der Waals surface area (Å²) in [6, 6.07) is 5.25. The van der Waals surface area contributed by atoms with Crippen molar-refractivity contribution in [2.45, 2.75) is 19.3 Å². The van der Waals surface area contributed by atoms with Gasteiger partial charge in [-0.2, -0.15) is 5.21 Å². The predicted octanol–water partition coefficient (Wildman–Crippen LogP) is -2.34. The zero-order valence-electron chi connectivity index (χ0n) is 14.5. The molecule has 1 fully saturated rings. The summed E-state index contributed by atoms with van der Waals surface area (Å²) in [5, 5.41) is 15.4. The number of nitrogens with one attached hydrogen (secondary N) is 2. The minimum Gasteiger partial charge on any atom is -1.00 e. The van der Waals surface area contributed by atoms with Gasteiger partial charge in [-0.05, 0) is 36.6 Å². The Morgan fingerprint density at radius 3 is 2.62 bits per heavy atom. The molecule has 0 aliphatic carbocycles. The van der Waals surface area contributed by atoms with E-state index in [1.165, 1.54) is 6.42 Å². The predicted molar refractivity (Wildman–Crippen MR) is 84.3 cm³/mol. The molecule has 10 heteroatoms. The number of hydrogen-bond donors (Lipinski definition) is 3. The van der Waals surface area contributed by atoms with E-state index in [-0.39, 0.29) is 36.8 Å². The Kier molecular flexibility index (Phi) is 6.29. The second-order valence-electron chi connectivity index (χ2n) is 5.30. The van der Waals surface area contributed by atoms with Crippen LogP contribution in [0.5, 0.6) is 0 Å². The zero-order valence-corrected chi connectivity index (χ0v) is 15.5. The van der Waals surface area contributed by atoms with Crippen LogP contribution in [0.1, 0.15) is 41.7 Å². The summed E-state index contributed by atoms with van der Waals surface area (Å²) in [6.07, 6.45) is 3.31. The van der Waals surface area contributed by atoms with Crippen LogP contribution in [0.4, 0.5) is 11.4 Å². The van der Waals surface area contributed by atoms with Gasteiger partial charge in [-0.3, -0.25) is 9.59 Å². The van der Waals surface area contributed by atoms with Crippen molar-refractivity contribution in [3.63, 3.8) is 0 Å². The number of rotatable bonds is 4. The molecule has 1 aliphatic heterocycles. The number of aromatic nitrogens is 4. The maximum atomic E-state index is 12.1. The van der Waals surface area contributed by atoms with Crippen molar-refractivity contribution >= 4 is 23.2 Å². The Morgan fingerprint density at radius 1 is 1.25 bits per heavy atom. The molecule has 0 bridgehead atoms. The van der Waals surface area contributed by atoms with Gasteiger partial charge >= 0.3 is 29.6 Å². The third-order valence-corrected chi connectivity index (χ3v) is 3.78. The second-order valence-corrected chi connectivity index (χ2v) is 5.30. The van der Waals surface area contributed by atoms with Gasteiger partial charge in [-0.15, -0.1) is 10.2 Å². The second kappa shape index (κ2) is 8.22. The molecule has 9 nitrogen and oxygen atoms in total. The quantitative estimate of drug-likeness (QED) is 0.535. The summed E-state index contributed by atoms with van der Waals surface area (Å²) in [4.78, 5) is 26.1. The molecule has 0 radical (unpaired) electrons. The maximum absolute atomic E-state index is 12.1. The van der Waals surface area contributed by atoms with Crippen LogP contribution in [0, 0.1) is 0 Å². The number of carbonyl (C=O) groups is 2. The molecule has 0 saturated carbocycles. The van der Waals surface area contributed by atoms with E-state index in [4.69, 9.17) is 5.73 Å². The first-order valence-electron chi connectivity index (χ1n) is 7.39. The molecule has 3 rings (SSSR count). The van der Waals surface area contributed by atoms with Crippen molar-refractivity contribution in [1.82, 2.24) is 20.6 Å². The Morgan fingerprint density at radius 2 is 2.00 bits per heavy atom. The van der Waals surface area contributed by atoms with E-state index in [1.54, 1.807) is 12.1 Å². The van der Waals surface area contributed by atoms with Crippen LogP contribution < -0.4 is 45.5 Å². The summed E-state index contributed by atoms with van der Waals surface area (Å²) >= 11 is 0. The minimum atomic E-state index is -0.588. The van der Waals surface area contributed by atoms with Gasteiger partial charge in [0, 0.05) is 13.1 Å². The summed E-state index contributed by atoms with van der Waals surface area (Å²) < 4.78 is 0. The van der Waals surface area contributed by atoms with Crippen LogP contribution in [0.2, 0.25) is 0 Å². The molecule has 1 aliphatic rings. The standard InChI is InChI=1S/C14H17N7O2.Na.H/c15-12(22)11-9(16-14(23)13-17-19-20-18-13)5-4-6-10(11)21-7-2-1-3-8-21;;/h4-6H,1-3,7-8H2,(H2,15,22)(H,16,23)(H,17,18,19,20);;/q;+1;-1. The van der Waals surface area contributed by atoms with Crippen LogP contribution in [0.3, 0.4) is 0 Å². The topological polar surface area (TPSA) is 130 Å². The van der Waals surface area contributed by atoms with Crippen LogP contribution in [-0.4, -0.2) is 45.5 Å². The van der Waals surface area contributed by atoms with E-state index in [9.17, 15) is 9.59 Å². The van der Waals surface area contributed by atoms with E-state index in [2.05, 4.69) is 30.8 Å². The Balaban J connectivity index is 0.00000156. The molecule has 0 atom stereocenters. The van der Waals surface area contributed by atoms with Crippen LogP contribution in [-0.2, 0) is 0 Å². The van der Waals surface area contributed by atoms with E-state index < -0.39 is 11.8 Å². The largest absolute Gasteiger partial charge is 1.00 e. The summed E-state index contributed by atoms with van der Waals surface area (Å²) in [5.41, 5.74) is 6.93. The number of H-pyrrole nitrogens is 1. The number of nitrogens with zero attached hydrogens (tertiary/aromatic N) is 4. The average molecular weight is 339 g/mol. The monoisotopic (exact) mass is 339 g/mol. The normalized spacial score (nSPS) is 13.9. The number of benzene rings is 1. The van der Waals surface area contributed by atoms with Crippen molar-refractivity contribution in [1.29, 1.82) is 0 Å². The third kappa shape index (κ3) is 3.92. The number of carbonyl (C=O) groups excluding carboxylic acids is 2. The first kappa shape index (κ1) is 18.4. The van der Waals surface area contributed by atoms with E-state index in [1.807, 2.05) is 6.07 Å². The van der Waals surface area contributed by atoms with Gasteiger partial charge < -0.3 is 17.4 Å². The SMILES string of the molecule is NC(=O)c1c(NC(=O)c2nn[nH]n2)cccc1N1CCCCC1.[H-].[Na+]. The summed E-state index contributed by atoms with van der Waals surface area (Å²) in [6.45, 7) is 1.73. The third-order valence-electron chi connectivity index (χ3n) is 3.78. The van der Waals surface area contributed by atoms with Crippen molar-refractivity contribution in [2.24, 2.45) is 5.73 Å². The van der Waals surface area contributed by atoms with Crippen molar-refractivity contribution in [2.75, 3.05) is 23.3 Å². The van der Waals surface area contributed by atoms with E-state index in [0.29, 0.717) is 11.3 Å². The van der Waals surface area contributed by atoms with Gasteiger partial charge in [-0.25, -0.2) is 0 Å². The number of anilines is 2. The molecule has 1 saturated heterocycles. The zero-order chi connectivity index (χ0) is 16.2. The van der Waals surface area contributed by atoms with Crippen LogP contribution in [0.15, 0.2) is 18.2 Å². The number of piperidine rings is 1. The van der Waals surface area contributed by atoms with Crippen molar-refractivity contribution < 1.29 is 40.6 Å². The molecule has 122 valence electrons. The molecule has 2 aromatic rings. The van der Waals surface area contributed by atoms with Gasteiger partial charge in [0.15, 0.2) is 0 Å². The molecule has 1 aromatic carbocycles. The molecule has 2 heterocycles. The van der Waals surface area contributed by atoms with Gasteiger partial charge in [0.1, 0.15) is 0 Å². The maximum Gasteiger partial charge on any atom is 1.00 e. The number of nitrogens with two attached hydrogens (primary N) is 1. The molecule has 24 heavy (non-hydrogen) atoms. The number of aromatic amines is 1. The molecule has 4 N–H and O–H groups in total. The van der Waals surface area contributed by atoms with Crippen LogP contribution >= 0.6 is 0 Å².